The number of carbonyl (C=O) groups excluding carboxylic acids is 1. The molecule has 0 saturated carbocycles. The first kappa shape index (κ1) is 14.8. The van der Waals surface area contributed by atoms with Gasteiger partial charge in [0.25, 0.3) is 0 Å². The van der Waals surface area contributed by atoms with Gasteiger partial charge in [-0.2, -0.15) is 13.2 Å². The van der Waals surface area contributed by atoms with E-state index in [1.165, 1.54) is 24.5 Å². The first-order valence-electron chi connectivity index (χ1n) is 5.83. The van der Waals surface area contributed by atoms with Gasteiger partial charge in [0.2, 0.25) is 0 Å². The Balaban J connectivity index is 2.14. The Labute approximate surface area is 117 Å². The Morgan fingerprint density at radius 2 is 2.14 bits per heavy atom. The van der Waals surface area contributed by atoms with Gasteiger partial charge in [-0.15, -0.1) is 0 Å². The third kappa shape index (κ3) is 3.94. The highest BCUT2D eigenvalue weighted by atomic mass is 19.4. The topological polar surface area (TPSA) is 69.0 Å². The Bertz CT molecular complexity index is 639. The number of nitrogens with zero attached hydrogens (tertiary/aromatic N) is 3. The van der Waals surface area contributed by atoms with Crippen LogP contribution in [0.5, 0.6) is 0 Å². The van der Waals surface area contributed by atoms with Crippen LogP contribution >= 0.6 is 0 Å². The lowest BCUT2D eigenvalue weighted by Gasteiger charge is -2.12. The van der Waals surface area contributed by atoms with Crippen LogP contribution in [0.3, 0.4) is 0 Å². The number of hydrogen-bond acceptors (Lipinski definition) is 4. The summed E-state index contributed by atoms with van der Waals surface area (Å²) in [6, 6.07) is 3.03. The summed E-state index contributed by atoms with van der Waals surface area (Å²) in [5, 5.41) is 2.23. The van der Waals surface area contributed by atoms with Gasteiger partial charge in [-0.25, -0.2) is 14.8 Å². The molecule has 0 bridgehead atoms. The molecule has 0 aliphatic carbocycles. The molecule has 0 aliphatic rings. The number of hydrogen-bond donors (Lipinski definition) is 1. The molecule has 112 valence electrons. The van der Waals surface area contributed by atoms with Crippen LogP contribution < -0.4 is 5.32 Å². The minimum Gasteiger partial charge on any atom is -0.440 e. The van der Waals surface area contributed by atoms with Crippen LogP contribution in [0, 0.1) is 6.92 Å². The van der Waals surface area contributed by atoms with Gasteiger partial charge in [-0.05, 0) is 19.1 Å². The third-order valence-electron chi connectivity index (χ3n) is 2.44. The van der Waals surface area contributed by atoms with Crippen LogP contribution in [-0.4, -0.2) is 33.4 Å². The lowest BCUT2D eigenvalue weighted by molar-refractivity contribution is -0.159. The van der Waals surface area contributed by atoms with Crippen molar-refractivity contribution in [1.82, 2.24) is 14.5 Å². The Kier molecular flexibility index (Phi) is 4.10. The second-order valence-corrected chi connectivity index (χ2v) is 4.04. The lowest BCUT2D eigenvalue weighted by Crippen LogP contribution is -2.24. The van der Waals surface area contributed by atoms with Crippen LogP contribution in [-0.2, 0) is 4.74 Å². The number of ether oxygens (including phenoxy) is 1. The van der Waals surface area contributed by atoms with E-state index in [1.807, 2.05) is 0 Å². The summed E-state index contributed by atoms with van der Waals surface area (Å²) in [7, 11) is 0. The number of amides is 1. The molecule has 9 heteroatoms. The van der Waals surface area contributed by atoms with Gasteiger partial charge >= 0.3 is 12.3 Å². The van der Waals surface area contributed by atoms with Crippen LogP contribution in [0.15, 0.2) is 30.7 Å². The van der Waals surface area contributed by atoms with E-state index in [1.54, 1.807) is 17.7 Å². The summed E-state index contributed by atoms with van der Waals surface area (Å²) in [6.07, 6.45) is -1.14. The predicted molar refractivity (Wildman–Crippen MR) is 67.1 cm³/mol. The molecule has 0 atom stereocenters. The van der Waals surface area contributed by atoms with Gasteiger partial charge in [0, 0.05) is 18.6 Å². The molecule has 0 aliphatic heterocycles. The number of imidazole rings is 1. The number of rotatable bonds is 3. The van der Waals surface area contributed by atoms with Crippen molar-refractivity contribution in [3.63, 3.8) is 0 Å². The number of aryl methyl sites for hydroxylation is 1. The number of alkyl halides is 3. The van der Waals surface area contributed by atoms with Gasteiger partial charge in [0.15, 0.2) is 12.4 Å². The molecular formula is C12H11F3N4O2. The molecule has 1 N–H and O–H groups in total. The molecule has 0 radical (unpaired) electrons. The minimum absolute atomic E-state index is 0.214. The smallest absolute Gasteiger partial charge is 0.422 e. The summed E-state index contributed by atoms with van der Waals surface area (Å²) in [4.78, 5) is 19.5. The Morgan fingerprint density at radius 1 is 1.38 bits per heavy atom. The van der Waals surface area contributed by atoms with E-state index in [4.69, 9.17) is 0 Å². The van der Waals surface area contributed by atoms with Crippen molar-refractivity contribution < 1.29 is 22.7 Å². The predicted octanol–water partition coefficient (Wildman–Crippen LogP) is 2.69. The third-order valence-corrected chi connectivity index (χ3v) is 2.44. The number of anilines is 1. The lowest BCUT2D eigenvalue weighted by atomic mass is 10.3. The molecule has 0 fully saturated rings. The highest BCUT2D eigenvalue weighted by Crippen LogP contribution is 2.19. The molecule has 0 aromatic carbocycles. The molecule has 2 heterocycles. The molecule has 2 aromatic rings. The van der Waals surface area contributed by atoms with Gasteiger partial charge in [0.05, 0.1) is 5.69 Å². The van der Waals surface area contributed by atoms with E-state index in [-0.39, 0.29) is 5.69 Å². The van der Waals surface area contributed by atoms with E-state index < -0.39 is 18.9 Å². The van der Waals surface area contributed by atoms with Crippen molar-refractivity contribution in [2.75, 3.05) is 11.9 Å². The van der Waals surface area contributed by atoms with E-state index in [9.17, 15) is 18.0 Å². The van der Waals surface area contributed by atoms with E-state index in [2.05, 4.69) is 20.0 Å². The molecule has 21 heavy (non-hydrogen) atoms. The average Bonchev–Trinajstić information content (AvgIpc) is 2.82. The molecule has 0 unspecified atom stereocenters. The number of pyridine rings is 1. The molecule has 0 spiro atoms. The zero-order chi connectivity index (χ0) is 15.5. The first-order chi connectivity index (χ1) is 9.87. The van der Waals surface area contributed by atoms with Gasteiger partial charge in [-0.1, -0.05) is 0 Å². The fraction of sp³-hybridized carbons (Fsp3) is 0.250. The maximum atomic E-state index is 12.0. The highest BCUT2D eigenvalue weighted by molar-refractivity contribution is 5.86. The molecular weight excluding hydrogens is 289 g/mol. The first-order valence-corrected chi connectivity index (χ1v) is 5.83. The zero-order valence-electron chi connectivity index (χ0n) is 10.9. The number of nitrogens with one attached hydrogen (secondary N) is 1. The van der Waals surface area contributed by atoms with Crippen LogP contribution in [0.25, 0.3) is 5.82 Å². The van der Waals surface area contributed by atoms with Crippen LogP contribution in [0.4, 0.5) is 23.7 Å². The molecule has 6 nitrogen and oxygen atoms in total. The minimum atomic E-state index is -4.57. The molecule has 0 saturated heterocycles. The van der Waals surface area contributed by atoms with Crippen molar-refractivity contribution >= 4 is 11.8 Å². The quantitative estimate of drug-likeness (QED) is 0.946. The van der Waals surface area contributed by atoms with E-state index >= 15 is 0 Å². The molecule has 1 amide bonds. The zero-order valence-corrected chi connectivity index (χ0v) is 10.9. The van der Waals surface area contributed by atoms with Crippen LogP contribution in [0.1, 0.15) is 5.82 Å². The van der Waals surface area contributed by atoms with Crippen molar-refractivity contribution in [3.8, 4) is 5.82 Å². The summed E-state index contributed by atoms with van der Waals surface area (Å²) >= 11 is 0. The summed E-state index contributed by atoms with van der Waals surface area (Å²) < 4.78 is 41.6. The molecule has 2 aromatic heterocycles. The monoisotopic (exact) mass is 300 g/mol. The highest BCUT2D eigenvalue weighted by Gasteiger charge is 2.29. The van der Waals surface area contributed by atoms with Gasteiger partial charge in [-0.3, -0.25) is 9.88 Å². The van der Waals surface area contributed by atoms with E-state index in [0.29, 0.717) is 11.6 Å². The Morgan fingerprint density at radius 3 is 2.76 bits per heavy atom. The Hall–Kier alpha value is -2.58. The van der Waals surface area contributed by atoms with Gasteiger partial charge < -0.3 is 4.74 Å². The summed E-state index contributed by atoms with van der Waals surface area (Å²) in [5.74, 6) is 0.942. The van der Waals surface area contributed by atoms with Crippen LogP contribution in [0.2, 0.25) is 0 Å². The van der Waals surface area contributed by atoms with Gasteiger partial charge in [0.1, 0.15) is 5.82 Å². The summed E-state index contributed by atoms with van der Waals surface area (Å²) in [6.45, 7) is 0.0684. The van der Waals surface area contributed by atoms with E-state index in [0.717, 1.165) is 0 Å². The van der Waals surface area contributed by atoms with Crippen molar-refractivity contribution in [2.45, 2.75) is 13.1 Å². The fourth-order valence-corrected chi connectivity index (χ4v) is 1.58. The molecule has 2 rings (SSSR count). The summed E-state index contributed by atoms with van der Waals surface area (Å²) in [5.41, 5.74) is 0.214. The maximum absolute atomic E-state index is 12.0. The second kappa shape index (κ2) is 5.81. The van der Waals surface area contributed by atoms with Crippen molar-refractivity contribution in [1.29, 1.82) is 0 Å². The number of halogens is 3. The standard InChI is InChI=1S/C12H11F3N4O2/c1-8-16-5-6-19(8)10-9(3-2-4-17-10)18-11(20)21-7-12(13,14)15/h2-6H,7H2,1H3,(H,18,20). The normalized spacial score (nSPS) is 11.2. The average molecular weight is 300 g/mol. The van der Waals surface area contributed by atoms with Crippen molar-refractivity contribution in [3.05, 3.63) is 36.5 Å². The largest absolute Gasteiger partial charge is 0.440 e. The second-order valence-electron chi connectivity index (χ2n) is 4.04. The number of aromatic nitrogens is 3. The van der Waals surface area contributed by atoms with Crippen molar-refractivity contribution in [2.24, 2.45) is 0 Å². The SMILES string of the molecule is Cc1nccn1-c1ncccc1NC(=O)OCC(F)(F)F. The number of carbonyl (C=O) groups is 1. The maximum Gasteiger partial charge on any atom is 0.422 e. The fourth-order valence-electron chi connectivity index (χ4n) is 1.58.